The first kappa shape index (κ1) is 17.3. The van der Waals surface area contributed by atoms with Gasteiger partial charge in [0.1, 0.15) is 6.54 Å². The van der Waals surface area contributed by atoms with Gasteiger partial charge in [-0.25, -0.2) is 0 Å². The summed E-state index contributed by atoms with van der Waals surface area (Å²) in [7, 11) is 1.59. The summed E-state index contributed by atoms with van der Waals surface area (Å²) in [5, 5.41) is 12.2. The summed E-state index contributed by atoms with van der Waals surface area (Å²) in [6, 6.07) is 6.74. The number of methoxy groups -OCH3 is 1. The van der Waals surface area contributed by atoms with Crippen LogP contribution in [0.3, 0.4) is 0 Å². The van der Waals surface area contributed by atoms with Crippen LogP contribution in [0.5, 0.6) is 0 Å². The monoisotopic (exact) mass is 314 g/mol. The third-order valence-corrected chi connectivity index (χ3v) is 2.92. The van der Waals surface area contributed by atoms with E-state index in [1.54, 1.807) is 31.4 Å². The molecular weight excluding hydrogens is 296 g/mol. The Hall–Kier alpha value is -1.79. The molecule has 0 aliphatic carbocycles. The van der Waals surface area contributed by atoms with Crippen LogP contribution in [-0.4, -0.2) is 50.3 Å². The van der Waals surface area contributed by atoms with Crippen molar-refractivity contribution in [2.24, 2.45) is 0 Å². The molecule has 0 atom stereocenters. The number of rotatable bonds is 9. The number of anilines is 1. The highest BCUT2D eigenvalue weighted by Gasteiger charge is 2.14. The highest BCUT2D eigenvalue weighted by atomic mass is 35.5. The minimum atomic E-state index is -1.01. The molecule has 0 spiro atoms. The number of benzene rings is 1. The number of halogens is 1. The van der Waals surface area contributed by atoms with Crippen LogP contribution in [-0.2, 0) is 14.3 Å². The van der Waals surface area contributed by atoms with E-state index in [1.807, 2.05) is 0 Å². The molecule has 0 saturated heterocycles. The molecule has 0 saturated carbocycles. The van der Waals surface area contributed by atoms with Gasteiger partial charge in [-0.05, 0) is 24.6 Å². The lowest BCUT2D eigenvalue weighted by molar-refractivity contribution is -0.135. The van der Waals surface area contributed by atoms with Gasteiger partial charge in [-0.2, -0.15) is 0 Å². The quantitative estimate of drug-likeness (QED) is 0.673. The van der Waals surface area contributed by atoms with Crippen molar-refractivity contribution in [3.63, 3.8) is 0 Å². The van der Waals surface area contributed by atoms with Gasteiger partial charge < -0.3 is 20.1 Å². The van der Waals surface area contributed by atoms with Gasteiger partial charge in [-0.15, -0.1) is 0 Å². The number of nitrogens with one attached hydrogen (secondary N) is 1. The summed E-state index contributed by atoms with van der Waals surface area (Å²) in [6.07, 6.45) is 0.707. The van der Waals surface area contributed by atoms with Crippen LogP contribution < -0.4 is 10.2 Å². The van der Waals surface area contributed by atoms with E-state index in [0.29, 0.717) is 30.3 Å². The average molecular weight is 315 g/mol. The van der Waals surface area contributed by atoms with Crippen molar-refractivity contribution in [3.8, 4) is 0 Å². The van der Waals surface area contributed by atoms with E-state index in [9.17, 15) is 9.59 Å². The van der Waals surface area contributed by atoms with Crippen LogP contribution in [0.15, 0.2) is 24.3 Å². The number of ether oxygens (including phenoxy) is 1. The molecule has 1 amide bonds. The molecular formula is C14H19ClN2O4. The standard InChI is InChI=1S/C14H19ClN2O4/c1-21-7-3-6-16-13(18)9-17(10-14(19)20)12-5-2-4-11(15)8-12/h2,4-5,8H,3,6-7,9-10H2,1H3,(H,16,18)(H,19,20). The van der Waals surface area contributed by atoms with Crippen molar-refractivity contribution in [1.29, 1.82) is 0 Å². The van der Waals surface area contributed by atoms with Gasteiger partial charge in [-0.3, -0.25) is 9.59 Å². The summed E-state index contributed by atoms with van der Waals surface area (Å²) < 4.78 is 4.89. The molecule has 0 aliphatic heterocycles. The van der Waals surface area contributed by atoms with Gasteiger partial charge >= 0.3 is 5.97 Å². The lowest BCUT2D eigenvalue weighted by atomic mass is 10.2. The molecule has 1 rings (SSSR count). The molecule has 2 N–H and O–H groups in total. The second-order valence-corrected chi connectivity index (χ2v) is 4.86. The molecule has 0 heterocycles. The van der Waals surface area contributed by atoms with Crippen LogP contribution >= 0.6 is 11.6 Å². The largest absolute Gasteiger partial charge is 0.480 e. The van der Waals surface area contributed by atoms with Crippen LogP contribution in [0.2, 0.25) is 5.02 Å². The molecule has 0 bridgehead atoms. The zero-order valence-corrected chi connectivity index (χ0v) is 12.6. The third kappa shape index (κ3) is 6.97. The Morgan fingerprint density at radius 1 is 1.38 bits per heavy atom. The maximum atomic E-state index is 11.8. The van der Waals surface area contributed by atoms with Gasteiger partial charge in [-0.1, -0.05) is 17.7 Å². The van der Waals surface area contributed by atoms with Gasteiger partial charge in [0.15, 0.2) is 0 Å². The predicted molar refractivity (Wildman–Crippen MR) is 80.8 cm³/mol. The third-order valence-electron chi connectivity index (χ3n) is 2.68. The summed E-state index contributed by atoms with van der Waals surface area (Å²) in [5.74, 6) is -1.26. The fraction of sp³-hybridized carbons (Fsp3) is 0.429. The second kappa shape index (κ2) is 9.20. The van der Waals surface area contributed by atoms with E-state index in [4.69, 9.17) is 21.4 Å². The number of amides is 1. The smallest absolute Gasteiger partial charge is 0.323 e. The molecule has 7 heteroatoms. The highest BCUT2D eigenvalue weighted by Crippen LogP contribution is 2.19. The van der Waals surface area contributed by atoms with Gasteiger partial charge in [0.25, 0.3) is 0 Å². The summed E-state index contributed by atoms with van der Waals surface area (Å²) in [6.45, 7) is 0.738. The minimum absolute atomic E-state index is 0.0420. The Balaban J connectivity index is 2.62. The maximum Gasteiger partial charge on any atom is 0.323 e. The number of carboxylic acid groups (broad SMARTS) is 1. The number of carbonyl (C=O) groups is 2. The second-order valence-electron chi connectivity index (χ2n) is 4.43. The average Bonchev–Trinajstić information content (AvgIpc) is 2.42. The molecule has 0 aromatic heterocycles. The fourth-order valence-electron chi connectivity index (χ4n) is 1.75. The van der Waals surface area contributed by atoms with Crippen LogP contribution in [0.4, 0.5) is 5.69 Å². The van der Waals surface area contributed by atoms with E-state index in [2.05, 4.69) is 5.32 Å². The minimum Gasteiger partial charge on any atom is -0.480 e. The SMILES string of the molecule is COCCCNC(=O)CN(CC(=O)O)c1cccc(Cl)c1. The zero-order valence-electron chi connectivity index (χ0n) is 11.8. The van der Waals surface area contributed by atoms with Crippen molar-refractivity contribution in [2.45, 2.75) is 6.42 Å². The van der Waals surface area contributed by atoms with Crippen molar-refractivity contribution in [2.75, 3.05) is 38.3 Å². The van der Waals surface area contributed by atoms with Crippen LogP contribution in [0.25, 0.3) is 0 Å². The number of nitrogens with zero attached hydrogens (tertiary/aromatic N) is 1. The first-order chi connectivity index (χ1) is 10.0. The zero-order chi connectivity index (χ0) is 15.7. The number of aliphatic carboxylic acids is 1. The fourth-order valence-corrected chi connectivity index (χ4v) is 1.93. The molecule has 0 aliphatic rings. The van der Waals surface area contributed by atoms with E-state index in [0.717, 1.165) is 0 Å². The van der Waals surface area contributed by atoms with E-state index in [1.165, 1.54) is 4.90 Å². The topological polar surface area (TPSA) is 78.9 Å². The molecule has 0 fully saturated rings. The number of hydrogen-bond donors (Lipinski definition) is 2. The molecule has 1 aromatic rings. The molecule has 6 nitrogen and oxygen atoms in total. The Bertz CT molecular complexity index is 482. The Labute approximate surface area is 128 Å². The summed E-state index contributed by atoms with van der Waals surface area (Å²) in [4.78, 5) is 24.2. The van der Waals surface area contributed by atoms with Crippen LogP contribution in [0, 0.1) is 0 Å². The first-order valence-electron chi connectivity index (χ1n) is 6.51. The maximum absolute atomic E-state index is 11.8. The van der Waals surface area contributed by atoms with Crippen molar-refractivity contribution >= 4 is 29.2 Å². The number of hydrogen-bond acceptors (Lipinski definition) is 4. The highest BCUT2D eigenvalue weighted by molar-refractivity contribution is 6.30. The Kier molecular flexibility index (Phi) is 7.56. The Morgan fingerprint density at radius 2 is 2.14 bits per heavy atom. The molecule has 1 aromatic carbocycles. The lowest BCUT2D eigenvalue weighted by Gasteiger charge is -2.22. The molecule has 0 radical (unpaired) electrons. The van der Waals surface area contributed by atoms with Crippen molar-refractivity contribution in [3.05, 3.63) is 29.3 Å². The molecule has 0 unspecified atom stereocenters. The van der Waals surface area contributed by atoms with Gasteiger partial charge in [0.2, 0.25) is 5.91 Å². The van der Waals surface area contributed by atoms with Gasteiger partial charge in [0, 0.05) is 31.0 Å². The Morgan fingerprint density at radius 3 is 2.76 bits per heavy atom. The summed E-state index contributed by atoms with van der Waals surface area (Å²) >= 11 is 5.89. The van der Waals surface area contributed by atoms with Crippen molar-refractivity contribution in [1.82, 2.24) is 5.32 Å². The van der Waals surface area contributed by atoms with E-state index >= 15 is 0 Å². The van der Waals surface area contributed by atoms with Crippen molar-refractivity contribution < 1.29 is 19.4 Å². The van der Waals surface area contributed by atoms with Gasteiger partial charge in [0.05, 0.1) is 6.54 Å². The molecule has 116 valence electrons. The lowest BCUT2D eigenvalue weighted by Crippen LogP contribution is -2.40. The first-order valence-corrected chi connectivity index (χ1v) is 6.88. The predicted octanol–water partition coefficient (Wildman–Crippen LogP) is 1.38. The van der Waals surface area contributed by atoms with E-state index < -0.39 is 5.97 Å². The normalized spacial score (nSPS) is 10.2. The number of carboxylic acids is 1. The summed E-state index contributed by atoms with van der Waals surface area (Å²) in [5.41, 5.74) is 0.594. The van der Waals surface area contributed by atoms with Crippen LogP contribution in [0.1, 0.15) is 6.42 Å². The number of carbonyl (C=O) groups excluding carboxylic acids is 1. The van der Waals surface area contributed by atoms with E-state index in [-0.39, 0.29) is 19.0 Å². The molecule has 21 heavy (non-hydrogen) atoms.